The van der Waals surface area contributed by atoms with E-state index in [-0.39, 0.29) is 21.6 Å². The molecule has 1 atom stereocenters. The first-order valence-electron chi connectivity index (χ1n) is 9.79. The number of aromatic nitrogens is 1. The molecule has 4 aromatic rings. The summed E-state index contributed by atoms with van der Waals surface area (Å²) in [6.45, 7) is 1.75. The van der Waals surface area contributed by atoms with E-state index in [2.05, 4.69) is 4.98 Å². The number of ether oxygens (including phenoxy) is 1. The number of para-hydroxylation sites is 1. The molecule has 0 amide bonds. The van der Waals surface area contributed by atoms with Crippen molar-refractivity contribution < 1.29 is 22.0 Å². The number of methoxy groups -OCH3 is 1. The summed E-state index contributed by atoms with van der Waals surface area (Å²) in [6, 6.07) is 18.0. The summed E-state index contributed by atoms with van der Waals surface area (Å²) in [5, 5.41) is -0.319. The first kappa shape index (κ1) is 21.7. The molecule has 0 aliphatic heterocycles. The lowest BCUT2D eigenvalue weighted by Crippen LogP contribution is -2.16. The summed E-state index contributed by atoms with van der Waals surface area (Å²) in [6.07, 6.45) is 0. The van der Waals surface area contributed by atoms with Crippen molar-refractivity contribution in [2.75, 3.05) is 7.11 Å². The second-order valence-corrected chi connectivity index (χ2v) is 9.05. The Balaban J connectivity index is 1.96. The van der Waals surface area contributed by atoms with Crippen molar-refractivity contribution in [3.05, 3.63) is 95.5 Å². The molecule has 2 N–H and O–H groups in total. The molecular formula is C24H21FN2O4S. The standard InChI is InChI=1S/C24H21FN2O4S/c1-15-12-13-16(25)14-19(15)23-27-24(32(28,29)17-8-4-3-5-9-17)22(31-23)21(26)18-10-6-7-11-20(18)30-2/h3-14,21H,26H2,1-2H3. The minimum atomic E-state index is -4.07. The molecule has 0 bridgehead atoms. The molecule has 0 saturated heterocycles. The van der Waals surface area contributed by atoms with Crippen LogP contribution in [0.4, 0.5) is 4.39 Å². The third-order valence-electron chi connectivity index (χ3n) is 5.12. The molecule has 1 heterocycles. The molecule has 8 heteroatoms. The van der Waals surface area contributed by atoms with E-state index in [1.807, 2.05) is 0 Å². The number of aryl methyl sites for hydroxylation is 1. The zero-order valence-electron chi connectivity index (χ0n) is 17.4. The number of nitrogens with zero attached hydrogens (tertiary/aromatic N) is 1. The quantitative estimate of drug-likeness (QED) is 0.456. The van der Waals surface area contributed by atoms with E-state index < -0.39 is 21.7 Å². The monoisotopic (exact) mass is 452 g/mol. The van der Waals surface area contributed by atoms with Crippen LogP contribution in [0.15, 0.2) is 87.1 Å². The van der Waals surface area contributed by atoms with E-state index >= 15 is 0 Å². The molecular weight excluding hydrogens is 431 g/mol. The molecule has 4 rings (SSSR count). The highest BCUT2D eigenvalue weighted by molar-refractivity contribution is 7.91. The van der Waals surface area contributed by atoms with Gasteiger partial charge in [0.15, 0.2) is 5.76 Å². The minimum Gasteiger partial charge on any atom is -0.496 e. The minimum absolute atomic E-state index is 0.0307. The second-order valence-electron chi connectivity index (χ2n) is 7.18. The van der Waals surface area contributed by atoms with Gasteiger partial charge in [0.1, 0.15) is 11.6 Å². The first-order valence-corrected chi connectivity index (χ1v) is 11.3. The Kier molecular flexibility index (Phi) is 5.82. The predicted octanol–water partition coefficient (Wildman–Crippen LogP) is 4.68. The van der Waals surface area contributed by atoms with Crippen molar-refractivity contribution in [1.29, 1.82) is 0 Å². The van der Waals surface area contributed by atoms with Gasteiger partial charge in [-0.1, -0.05) is 42.5 Å². The SMILES string of the molecule is COc1ccccc1C(N)c1oc(-c2cc(F)ccc2C)nc1S(=O)(=O)c1ccccc1. The number of nitrogens with two attached hydrogens (primary N) is 1. The molecule has 0 spiro atoms. The smallest absolute Gasteiger partial charge is 0.228 e. The maximum absolute atomic E-state index is 13.9. The molecule has 0 fully saturated rings. The van der Waals surface area contributed by atoms with E-state index in [0.29, 0.717) is 22.4 Å². The van der Waals surface area contributed by atoms with Gasteiger partial charge in [0.2, 0.25) is 20.8 Å². The van der Waals surface area contributed by atoms with E-state index in [0.717, 1.165) is 0 Å². The summed E-state index contributed by atoms with van der Waals surface area (Å²) >= 11 is 0. The van der Waals surface area contributed by atoms with Crippen LogP contribution in [0, 0.1) is 12.7 Å². The third-order valence-corrected chi connectivity index (χ3v) is 6.81. The molecule has 6 nitrogen and oxygen atoms in total. The van der Waals surface area contributed by atoms with Gasteiger partial charge in [-0.2, -0.15) is 4.98 Å². The Morgan fingerprint density at radius 3 is 2.44 bits per heavy atom. The van der Waals surface area contributed by atoms with Crippen molar-refractivity contribution in [3.63, 3.8) is 0 Å². The topological polar surface area (TPSA) is 95.4 Å². The third kappa shape index (κ3) is 3.90. The van der Waals surface area contributed by atoms with Gasteiger partial charge < -0.3 is 14.9 Å². The summed E-state index contributed by atoms with van der Waals surface area (Å²) in [7, 11) is -2.58. The van der Waals surface area contributed by atoms with E-state index in [1.54, 1.807) is 55.5 Å². The summed E-state index contributed by atoms with van der Waals surface area (Å²) in [5.74, 6) is -0.108. The van der Waals surface area contributed by atoms with Gasteiger partial charge in [-0.25, -0.2) is 12.8 Å². The molecule has 0 saturated carbocycles. The lowest BCUT2D eigenvalue weighted by atomic mass is 10.0. The van der Waals surface area contributed by atoms with Crippen LogP contribution in [0.1, 0.15) is 22.9 Å². The number of benzene rings is 3. The number of rotatable bonds is 6. The van der Waals surface area contributed by atoms with Crippen molar-refractivity contribution in [1.82, 2.24) is 4.98 Å². The van der Waals surface area contributed by atoms with Gasteiger partial charge in [-0.3, -0.25) is 0 Å². The number of hydrogen-bond acceptors (Lipinski definition) is 6. The lowest BCUT2D eigenvalue weighted by molar-refractivity contribution is 0.402. The average molecular weight is 453 g/mol. The number of oxazole rings is 1. The summed E-state index contributed by atoms with van der Waals surface area (Å²) in [4.78, 5) is 4.34. The molecule has 1 aromatic heterocycles. The molecule has 3 aromatic carbocycles. The van der Waals surface area contributed by atoms with Crippen molar-refractivity contribution in [2.45, 2.75) is 22.9 Å². The fourth-order valence-electron chi connectivity index (χ4n) is 3.42. The van der Waals surface area contributed by atoms with Crippen LogP contribution >= 0.6 is 0 Å². The number of hydrogen-bond donors (Lipinski definition) is 1. The first-order chi connectivity index (χ1) is 15.3. The van der Waals surface area contributed by atoms with Crippen LogP contribution < -0.4 is 10.5 Å². The molecule has 32 heavy (non-hydrogen) atoms. The summed E-state index contributed by atoms with van der Waals surface area (Å²) in [5.41, 5.74) is 8.02. The Morgan fingerprint density at radius 1 is 1.03 bits per heavy atom. The van der Waals surface area contributed by atoms with Crippen LogP contribution in [0.3, 0.4) is 0 Å². The van der Waals surface area contributed by atoms with Gasteiger partial charge in [0.25, 0.3) is 0 Å². The van der Waals surface area contributed by atoms with Gasteiger partial charge in [-0.05, 0) is 42.8 Å². The van der Waals surface area contributed by atoms with Crippen LogP contribution in [-0.2, 0) is 9.84 Å². The van der Waals surface area contributed by atoms with E-state index in [4.69, 9.17) is 14.9 Å². The molecule has 0 aliphatic rings. The van der Waals surface area contributed by atoms with Crippen LogP contribution in [0.25, 0.3) is 11.5 Å². The number of sulfone groups is 1. The zero-order chi connectivity index (χ0) is 22.9. The van der Waals surface area contributed by atoms with Crippen molar-refractivity contribution in [3.8, 4) is 17.2 Å². The van der Waals surface area contributed by atoms with E-state index in [9.17, 15) is 12.8 Å². The van der Waals surface area contributed by atoms with Gasteiger partial charge in [0, 0.05) is 11.1 Å². The maximum Gasteiger partial charge on any atom is 0.228 e. The lowest BCUT2D eigenvalue weighted by Gasteiger charge is -2.14. The normalized spacial score (nSPS) is 12.5. The summed E-state index contributed by atoms with van der Waals surface area (Å²) < 4.78 is 52.2. The highest BCUT2D eigenvalue weighted by atomic mass is 32.2. The average Bonchev–Trinajstić information content (AvgIpc) is 3.27. The van der Waals surface area contributed by atoms with Crippen LogP contribution in [-0.4, -0.2) is 20.5 Å². The van der Waals surface area contributed by atoms with Gasteiger partial charge >= 0.3 is 0 Å². The highest BCUT2D eigenvalue weighted by Crippen LogP contribution is 2.37. The molecule has 1 unspecified atom stereocenters. The fraction of sp³-hybridized carbons (Fsp3) is 0.125. The Hall–Kier alpha value is -3.49. The van der Waals surface area contributed by atoms with Crippen LogP contribution in [0.2, 0.25) is 0 Å². The zero-order valence-corrected chi connectivity index (χ0v) is 18.3. The maximum atomic E-state index is 13.9. The number of halogens is 1. The molecule has 0 aliphatic carbocycles. The van der Waals surface area contributed by atoms with Gasteiger partial charge in [-0.15, -0.1) is 0 Å². The molecule has 0 radical (unpaired) electrons. The Labute approximate surface area is 185 Å². The fourth-order valence-corrected chi connectivity index (χ4v) is 4.80. The Morgan fingerprint density at radius 2 is 1.72 bits per heavy atom. The van der Waals surface area contributed by atoms with Crippen LogP contribution in [0.5, 0.6) is 5.75 Å². The molecule has 164 valence electrons. The van der Waals surface area contributed by atoms with Crippen molar-refractivity contribution in [2.24, 2.45) is 5.73 Å². The highest BCUT2D eigenvalue weighted by Gasteiger charge is 2.33. The van der Waals surface area contributed by atoms with E-state index in [1.165, 1.54) is 31.4 Å². The second kappa shape index (κ2) is 8.57. The largest absolute Gasteiger partial charge is 0.496 e. The Bertz CT molecular complexity index is 1370. The predicted molar refractivity (Wildman–Crippen MR) is 118 cm³/mol. The van der Waals surface area contributed by atoms with Gasteiger partial charge in [0.05, 0.1) is 18.0 Å². The van der Waals surface area contributed by atoms with Crippen molar-refractivity contribution >= 4 is 9.84 Å².